The molecule has 1 aromatic heterocycles. The van der Waals surface area contributed by atoms with Crippen LogP contribution in [0.3, 0.4) is 0 Å². The monoisotopic (exact) mass is 368 g/mol. The average Bonchev–Trinajstić information content (AvgIpc) is 2.95. The quantitative estimate of drug-likeness (QED) is 0.862. The van der Waals surface area contributed by atoms with E-state index >= 15 is 0 Å². The smallest absolute Gasteiger partial charge is 0.387 e. The molecule has 0 saturated heterocycles. The van der Waals surface area contributed by atoms with Crippen LogP contribution < -0.4 is 14.8 Å². The van der Waals surface area contributed by atoms with E-state index in [4.69, 9.17) is 4.74 Å². The maximum atomic E-state index is 12.4. The van der Waals surface area contributed by atoms with E-state index in [0.29, 0.717) is 11.0 Å². The van der Waals surface area contributed by atoms with Crippen molar-refractivity contribution < 1.29 is 23.0 Å². The Balaban J connectivity index is 1.75. The average molecular weight is 368 g/mol. The summed E-state index contributed by atoms with van der Waals surface area (Å²) < 4.78 is 34.1. The zero-order valence-corrected chi connectivity index (χ0v) is 14.7. The zero-order valence-electron chi connectivity index (χ0n) is 13.8. The topological polar surface area (TPSA) is 60.5 Å². The number of carbonyl (C=O) groups excluding carboxylic acids is 1. The summed E-state index contributed by atoms with van der Waals surface area (Å²) in [4.78, 5) is 18.1. The summed E-state index contributed by atoms with van der Waals surface area (Å²) in [7, 11) is 1.32. The lowest BCUT2D eigenvalue weighted by Gasteiger charge is -2.15. The minimum Gasteiger partial charge on any atom is -0.493 e. The van der Waals surface area contributed by atoms with Crippen LogP contribution in [0.2, 0.25) is 0 Å². The highest BCUT2D eigenvalue weighted by molar-refractivity contribution is 7.15. The van der Waals surface area contributed by atoms with Gasteiger partial charge in [0.25, 0.3) is 5.91 Å². The third kappa shape index (κ3) is 4.07. The minimum absolute atomic E-state index is 0.0696. The van der Waals surface area contributed by atoms with Gasteiger partial charge in [0, 0.05) is 10.4 Å². The van der Waals surface area contributed by atoms with Gasteiger partial charge < -0.3 is 9.47 Å². The van der Waals surface area contributed by atoms with Crippen LogP contribution in [0.25, 0.3) is 0 Å². The van der Waals surface area contributed by atoms with Crippen molar-refractivity contribution in [3.05, 3.63) is 34.3 Å². The fourth-order valence-corrected chi connectivity index (χ4v) is 3.93. The number of benzene rings is 1. The van der Waals surface area contributed by atoms with Gasteiger partial charge in [-0.2, -0.15) is 8.78 Å². The standard InChI is InChI=1S/C17H18F2N2O3S/c1-9-3-5-11-14(7-9)25-17(20-11)21-15(22)10-4-6-12(24-16(18)19)13(8-10)23-2/h4,6,8-9,16H,3,5,7H2,1-2H3,(H,20,21,22). The van der Waals surface area contributed by atoms with Gasteiger partial charge in [-0.15, -0.1) is 11.3 Å². The largest absolute Gasteiger partial charge is 0.493 e. The van der Waals surface area contributed by atoms with E-state index in [-0.39, 0.29) is 23.0 Å². The number of amides is 1. The van der Waals surface area contributed by atoms with Gasteiger partial charge in [-0.1, -0.05) is 6.92 Å². The number of anilines is 1. The fourth-order valence-electron chi connectivity index (χ4n) is 2.76. The Kier molecular flexibility index (Phi) is 5.17. The number of halogens is 2. The number of alkyl halides is 2. The Bertz CT molecular complexity index is 779. The van der Waals surface area contributed by atoms with Crippen LogP contribution in [0.15, 0.2) is 18.2 Å². The van der Waals surface area contributed by atoms with Crippen molar-refractivity contribution in [1.82, 2.24) is 4.98 Å². The van der Waals surface area contributed by atoms with E-state index in [1.165, 1.54) is 41.5 Å². The van der Waals surface area contributed by atoms with Crippen molar-refractivity contribution >= 4 is 22.4 Å². The lowest BCUT2D eigenvalue weighted by Crippen LogP contribution is -2.12. The number of thiazole rings is 1. The van der Waals surface area contributed by atoms with Gasteiger partial charge in [0.2, 0.25) is 0 Å². The highest BCUT2D eigenvalue weighted by atomic mass is 32.1. The summed E-state index contributed by atoms with van der Waals surface area (Å²) in [6.45, 7) is -0.756. The number of hydrogen-bond donors (Lipinski definition) is 1. The van der Waals surface area contributed by atoms with Gasteiger partial charge >= 0.3 is 6.61 Å². The number of carbonyl (C=O) groups is 1. The molecule has 1 aliphatic carbocycles. The molecule has 3 rings (SSSR count). The number of nitrogens with one attached hydrogen (secondary N) is 1. The Hall–Kier alpha value is -2.22. The molecule has 1 amide bonds. The highest BCUT2D eigenvalue weighted by Gasteiger charge is 2.21. The number of ether oxygens (including phenoxy) is 2. The summed E-state index contributed by atoms with van der Waals surface area (Å²) in [5.74, 6) is 0.206. The van der Waals surface area contributed by atoms with Gasteiger partial charge in [-0.3, -0.25) is 10.1 Å². The highest BCUT2D eigenvalue weighted by Crippen LogP contribution is 2.33. The first-order valence-corrected chi connectivity index (χ1v) is 8.70. The molecular formula is C17H18F2N2O3S. The summed E-state index contributed by atoms with van der Waals surface area (Å²) >= 11 is 1.49. The second-order valence-electron chi connectivity index (χ2n) is 5.94. The Labute approximate surface area is 148 Å². The van der Waals surface area contributed by atoms with Crippen LogP contribution in [0.5, 0.6) is 11.5 Å². The third-order valence-corrected chi connectivity index (χ3v) is 5.08. The van der Waals surface area contributed by atoms with Crippen molar-refractivity contribution in [2.75, 3.05) is 12.4 Å². The van der Waals surface area contributed by atoms with E-state index in [0.717, 1.165) is 25.0 Å². The number of hydrogen-bond acceptors (Lipinski definition) is 5. The third-order valence-electron chi connectivity index (χ3n) is 4.05. The van der Waals surface area contributed by atoms with Crippen LogP contribution in [0, 0.1) is 5.92 Å². The maximum absolute atomic E-state index is 12.4. The number of nitrogens with zero attached hydrogens (tertiary/aromatic N) is 1. The first-order valence-electron chi connectivity index (χ1n) is 7.89. The van der Waals surface area contributed by atoms with E-state index in [9.17, 15) is 13.6 Å². The summed E-state index contributed by atoms with van der Waals surface area (Å²) in [6.07, 6.45) is 3.01. The number of aromatic nitrogens is 1. The van der Waals surface area contributed by atoms with Crippen molar-refractivity contribution in [2.45, 2.75) is 32.8 Å². The van der Waals surface area contributed by atoms with E-state index < -0.39 is 6.61 Å². The molecule has 0 saturated carbocycles. The molecule has 1 aliphatic rings. The second-order valence-corrected chi connectivity index (χ2v) is 7.02. The van der Waals surface area contributed by atoms with Crippen LogP contribution >= 0.6 is 11.3 Å². The van der Waals surface area contributed by atoms with E-state index in [1.54, 1.807) is 0 Å². The Morgan fingerprint density at radius 3 is 2.92 bits per heavy atom. The van der Waals surface area contributed by atoms with E-state index in [1.807, 2.05) is 0 Å². The molecular weight excluding hydrogens is 350 g/mol. The molecule has 0 radical (unpaired) electrons. The number of methoxy groups -OCH3 is 1. The summed E-state index contributed by atoms with van der Waals surface area (Å²) in [5.41, 5.74) is 1.33. The minimum atomic E-state index is -2.96. The molecule has 1 aromatic carbocycles. The first kappa shape index (κ1) is 17.6. The van der Waals surface area contributed by atoms with Crippen molar-refractivity contribution in [2.24, 2.45) is 5.92 Å². The van der Waals surface area contributed by atoms with Crippen molar-refractivity contribution in [3.8, 4) is 11.5 Å². The maximum Gasteiger partial charge on any atom is 0.387 e. The molecule has 0 bridgehead atoms. The lowest BCUT2D eigenvalue weighted by molar-refractivity contribution is -0.0512. The summed E-state index contributed by atoms with van der Waals surface area (Å²) in [6, 6.07) is 4.06. The van der Waals surface area contributed by atoms with Gasteiger partial charge in [-0.25, -0.2) is 4.98 Å². The van der Waals surface area contributed by atoms with Crippen LogP contribution in [-0.4, -0.2) is 24.6 Å². The van der Waals surface area contributed by atoms with Crippen molar-refractivity contribution in [1.29, 1.82) is 0 Å². The van der Waals surface area contributed by atoms with Crippen LogP contribution in [0.4, 0.5) is 13.9 Å². The van der Waals surface area contributed by atoms with Gasteiger partial charge in [-0.05, 0) is 43.4 Å². The zero-order chi connectivity index (χ0) is 18.0. The molecule has 8 heteroatoms. The first-order chi connectivity index (χ1) is 12.0. The Morgan fingerprint density at radius 1 is 1.40 bits per heavy atom. The summed E-state index contributed by atoms with van der Waals surface area (Å²) in [5, 5.41) is 3.32. The lowest BCUT2D eigenvalue weighted by atomic mass is 9.93. The van der Waals surface area contributed by atoms with Gasteiger partial charge in [0.1, 0.15) is 0 Å². The van der Waals surface area contributed by atoms with E-state index in [2.05, 4.69) is 22.0 Å². The SMILES string of the molecule is COc1cc(C(=O)Nc2nc3c(s2)CC(C)CC3)ccc1OC(F)F. The van der Waals surface area contributed by atoms with Crippen LogP contribution in [0.1, 0.15) is 34.3 Å². The molecule has 0 fully saturated rings. The van der Waals surface area contributed by atoms with Gasteiger partial charge in [0.15, 0.2) is 16.6 Å². The molecule has 1 unspecified atom stereocenters. The Morgan fingerprint density at radius 2 is 2.20 bits per heavy atom. The van der Waals surface area contributed by atoms with Crippen molar-refractivity contribution in [3.63, 3.8) is 0 Å². The number of aryl methyl sites for hydroxylation is 1. The molecule has 1 heterocycles. The normalized spacial score (nSPS) is 16.4. The molecule has 0 aliphatic heterocycles. The second kappa shape index (κ2) is 7.35. The van der Waals surface area contributed by atoms with Gasteiger partial charge in [0.05, 0.1) is 12.8 Å². The fraction of sp³-hybridized carbons (Fsp3) is 0.412. The number of rotatable bonds is 5. The molecule has 25 heavy (non-hydrogen) atoms. The molecule has 1 N–H and O–H groups in total. The van der Waals surface area contributed by atoms with Crippen LogP contribution in [-0.2, 0) is 12.8 Å². The molecule has 5 nitrogen and oxygen atoms in total. The molecule has 134 valence electrons. The predicted molar refractivity (Wildman–Crippen MR) is 90.9 cm³/mol. The number of fused-ring (bicyclic) bond motifs is 1. The molecule has 0 spiro atoms. The molecule has 1 atom stereocenters. The predicted octanol–water partition coefficient (Wildman–Crippen LogP) is 4.13. The molecule has 2 aromatic rings.